The zero-order valence-electron chi connectivity index (χ0n) is 17.2. The summed E-state index contributed by atoms with van der Waals surface area (Å²) in [7, 11) is 1.36. The first kappa shape index (κ1) is 21.3. The second-order valence-corrected chi connectivity index (χ2v) is 8.63. The summed E-state index contributed by atoms with van der Waals surface area (Å²) >= 11 is 1.38. The molecule has 164 valence electrons. The number of thiophene rings is 1. The molecule has 0 radical (unpaired) electrons. The summed E-state index contributed by atoms with van der Waals surface area (Å²) in [6.07, 6.45) is 5.48. The second kappa shape index (κ2) is 9.07. The van der Waals surface area contributed by atoms with Gasteiger partial charge in [0.1, 0.15) is 11.5 Å². The number of carbonyl (C=O) groups is 1. The Balaban J connectivity index is 1.93. The standard InChI is InChI=1S/C22H24N2O6S/c1-29-22(26)17-12-15-21(31-17)18(13-6-3-2-4-7-13)19(23-15)14-8-5-9-16(24(27)28)20(14)30-11-10-25/h5,8-9,12-13,23,25H,2-4,6-7,10-11H2,1H3. The number of para-hydroxylation sites is 1. The number of aromatic nitrogens is 1. The van der Waals surface area contributed by atoms with E-state index in [-0.39, 0.29) is 36.5 Å². The lowest BCUT2D eigenvalue weighted by atomic mass is 9.83. The van der Waals surface area contributed by atoms with Gasteiger partial charge in [-0.25, -0.2) is 4.79 Å². The molecular weight excluding hydrogens is 420 g/mol. The lowest BCUT2D eigenvalue weighted by molar-refractivity contribution is -0.385. The first-order valence-electron chi connectivity index (χ1n) is 10.3. The van der Waals surface area contributed by atoms with E-state index in [1.807, 2.05) is 0 Å². The number of hydrogen-bond acceptors (Lipinski definition) is 7. The Morgan fingerprint density at radius 1 is 1.32 bits per heavy atom. The van der Waals surface area contributed by atoms with Gasteiger partial charge in [-0.15, -0.1) is 11.3 Å². The average molecular weight is 445 g/mol. The van der Waals surface area contributed by atoms with Crippen molar-refractivity contribution in [2.45, 2.75) is 38.0 Å². The summed E-state index contributed by atoms with van der Waals surface area (Å²) in [6, 6.07) is 6.60. The van der Waals surface area contributed by atoms with Crippen LogP contribution in [0.15, 0.2) is 24.3 Å². The normalized spacial score (nSPS) is 14.6. The number of methoxy groups -OCH3 is 1. The predicted octanol–water partition coefficient (Wildman–Crippen LogP) is 5.01. The monoisotopic (exact) mass is 444 g/mol. The van der Waals surface area contributed by atoms with Crippen molar-refractivity contribution < 1.29 is 24.3 Å². The van der Waals surface area contributed by atoms with Gasteiger partial charge in [-0.1, -0.05) is 25.3 Å². The molecule has 9 heteroatoms. The number of hydrogen-bond donors (Lipinski definition) is 2. The number of nitrogens with one attached hydrogen (secondary N) is 1. The molecule has 0 unspecified atom stereocenters. The van der Waals surface area contributed by atoms with Crippen molar-refractivity contribution in [3.05, 3.63) is 44.8 Å². The largest absolute Gasteiger partial charge is 0.484 e. The molecule has 0 aliphatic heterocycles. The van der Waals surface area contributed by atoms with Crippen LogP contribution in [0.4, 0.5) is 5.69 Å². The highest BCUT2D eigenvalue weighted by atomic mass is 32.1. The molecule has 0 bridgehead atoms. The number of rotatable bonds is 7. The lowest BCUT2D eigenvalue weighted by Gasteiger charge is -2.23. The summed E-state index contributed by atoms with van der Waals surface area (Å²) in [5.74, 6) is 0.0420. The summed E-state index contributed by atoms with van der Waals surface area (Å²) in [6.45, 7) is -0.290. The van der Waals surface area contributed by atoms with E-state index in [0.29, 0.717) is 10.4 Å². The number of ether oxygens (including phenoxy) is 2. The Bertz CT molecular complexity index is 1110. The number of H-pyrrole nitrogens is 1. The molecule has 0 amide bonds. The SMILES string of the molecule is COC(=O)c1cc2[nH]c(-c3cccc([N+](=O)[O-])c3OCCO)c(C3CCCCC3)c2s1. The number of nitro benzene ring substituents is 1. The van der Waals surface area contributed by atoms with E-state index in [1.165, 1.54) is 30.9 Å². The number of nitro groups is 1. The van der Waals surface area contributed by atoms with Gasteiger partial charge < -0.3 is 19.6 Å². The Morgan fingerprint density at radius 3 is 2.77 bits per heavy atom. The number of aromatic amines is 1. The topological polar surface area (TPSA) is 115 Å². The first-order chi connectivity index (χ1) is 15.0. The summed E-state index contributed by atoms with van der Waals surface area (Å²) < 4.78 is 11.5. The molecule has 1 aromatic carbocycles. The maximum absolute atomic E-state index is 12.1. The van der Waals surface area contributed by atoms with Crippen molar-refractivity contribution in [3.63, 3.8) is 0 Å². The minimum atomic E-state index is -0.475. The highest BCUT2D eigenvalue weighted by Gasteiger charge is 2.29. The lowest BCUT2D eigenvalue weighted by Crippen LogP contribution is -2.08. The highest BCUT2D eigenvalue weighted by Crippen LogP contribution is 2.48. The smallest absolute Gasteiger partial charge is 0.348 e. The molecule has 1 aliphatic carbocycles. The van der Waals surface area contributed by atoms with E-state index in [4.69, 9.17) is 9.47 Å². The van der Waals surface area contributed by atoms with Gasteiger partial charge in [-0.2, -0.15) is 0 Å². The number of nitrogens with zero attached hydrogens (tertiary/aromatic N) is 1. The van der Waals surface area contributed by atoms with Crippen LogP contribution in [0.2, 0.25) is 0 Å². The number of esters is 1. The molecule has 1 aliphatic rings. The fraction of sp³-hybridized carbons (Fsp3) is 0.409. The van der Waals surface area contributed by atoms with Crippen LogP contribution in [-0.4, -0.2) is 41.3 Å². The van der Waals surface area contributed by atoms with E-state index >= 15 is 0 Å². The molecule has 2 N–H and O–H groups in total. The third-order valence-electron chi connectivity index (χ3n) is 5.70. The Kier molecular flexibility index (Phi) is 6.24. The number of aliphatic hydroxyl groups is 1. The Hall–Kier alpha value is -2.91. The molecule has 4 rings (SSSR count). The second-order valence-electron chi connectivity index (χ2n) is 7.58. The summed E-state index contributed by atoms with van der Waals surface area (Å²) in [5.41, 5.74) is 3.10. The molecule has 1 fully saturated rings. The molecule has 3 aromatic rings. The molecule has 2 heterocycles. The maximum atomic E-state index is 12.1. The maximum Gasteiger partial charge on any atom is 0.348 e. The zero-order valence-corrected chi connectivity index (χ0v) is 18.0. The number of benzene rings is 1. The van der Waals surface area contributed by atoms with Crippen LogP contribution in [0, 0.1) is 10.1 Å². The van der Waals surface area contributed by atoms with E-state index in [9.17, 15) is 20.0 Å². The van der Waals surface area contributed by atoms with Crippen LogP contribution in [0.1, 0.15) is 53.3 Å². The van der Waals surface area contributed by atoms with E-state index in [2.05, 4.69) is 4.98 Å². The average Bonchev–Trinajstić information content (AvgIpc) is 3.35. The van der Waals surface area contributed by atoms with Gasteiger partial charge >= 0.3 is 11.7 Å². The van der Waals surface area contributed by atoms with Gasteiger partial charge in [-0.3, -0.25) is 10.1 Å². The van der Waals surface area contributed by atoms with Crippen LogP contribution in [0.5, 0.6) is 5.75 Å². The van der Waals surface area contributed by atoms with Gasteiger partial charge in [-0.05, 0) is 36.5 Å². The number of carbonyl (C=O) groups excluding carboxylic acids is 1. The van der Waals surface area contributed by atoms with Gasteiger partial charge in [0.2, 0.25) is 5.75 Å². The van der Waals surface area contributed by atoms with Gasteiger partial charge in [0.25, 0.3) is 0 Å². The fourth-order valence-corrected chi connectivity index (χ4v) is 5.52. The third kappa shape index (κ3) is 4.03. The van der Waals surface area contributed by atoms with Crippen LogP contribution >= 0.6 is 11.3 Å². The van der Waals surface area contributed by atoms with Crippen LogP contribution < -0.4 is 4.74 Å². The molecule has 8 nitrogen and oxygen atoms in total. The van der Waals surface area contributed by atoms with Crippen LogP contribution in [-0.2, 0) is 4.74 Å². The highest BCUT2D eigenvalue weighted by molar-refractivity contribution is 7.21. The van der Waals surface area contributed by atoms with Gasteiger partial charge in [0, 0.05) is 11.6 Å². The van der Waals surface area contributed by atoms with Crippen molar-refractivity contribution >= 4 is 33.2 Å². The van der Waals surface area contributed by atoms with E-state index in [0.717, 1.165) is 47.2 Å². The minimum absolute atomic E-state index is 0.0435. The van der Waals surface area contributed by atoms with Crippen molar-refractivity contribution in [1.29, 1.82) is 0 Å². The van der Waals surface area contributed by atoms with Crippen molar-refractivity contribution in [2.75, 3.05) is 20.3 Å². The molecule has 0 saturated heterocycles. The number of aliphatic hydroxyl groups excluding tert-OH is 1. The van der Waals surface area contributed by atoms with Crippen molar-refractivity contribution in [3.8, 4) is 17.0 Å². The van der Waals surface area contributed by atoms with Gasteiger partial charge in [0.05, 0.1) is 34.6 Å². The minimum Gasteiger partial charge on any atom is -0.484 e. The Labute approximate surface area is 182 Å². The van der Waals surface area contributed by atoms with E-state index < -0.39 is 4.92 Å². The third-order valence-corrected chi connectivity index (χ3v) is 6.85. The summed E-state index contributed by atoms with van der Waals surface area (Å²) in [5, 5.41) is 20.9. The van der Waals surface area contributed by atoms with Crippen LogP contribution in [0.3, 0.4) is 0 Å². The van der Waals surface area contributed by atoms with Crippen molar-refractivity contribution in [2.24, 2.45) is 0 Å². The van der Waals surface area contributed by atoms with E-state index in [1.54, 1.807) is 18.2 Å². The Morgan fingerprint density at radius 2 is 2.10 bits per heavy atom. The molecule has 1 saturated carbocycles. The molecule has 2 aromatic heterocycles. The molecule has 0 spiro atoms. The molecule has 0 atom stereocenters. The fourth-order valence-electron chi connectivity index (χ4n) is 4.36. The predicted molar refractivity (Wildman–Crippen MR) is 118 cm³/mol. The van der Waals surface area contributed by atoms with Crippen molar-refractivity contribution in [1.82, 2.24) is 4.98 Å². The zero-order chi connectivity index (χ0) is 22.0. The quantitative estimate of drug-likeness (QED) is 0.301. The van der Waals surface area contributed by atoms with Crippen LogP contribution in [0.25, 0.3) is 21.5 Å². The summed E-state index contributed by atoms with van der Waals surface area (Å²) in [4.78, 5) is 27.1. The number of fused-ring (bicyclic) bond motifs is 1. The molecule has 31 heavy (non-hydrogen) atoms. The molecular formula is C22H24N2O6S. The first-order valence-corrected chi connectivity index (χ1v) is 11.1. The van der Waals surface area contributed by atoms with Gasteiger partial charge in [0.15, 0.2) is 0 Å².